The van der Waals surface area contributed by atoms with Crippen LogP contribution in [0, 0.1) is 5.92 Å². The van der Waals surface area contributed by atoms with Crippen LogP contribution in [0.4, 0.5) is 0 Å². The van der Waals surface area contributed by atoms with Crippen LogP contribution in [0.5, 0.6) is 0 Å². The number of nitrogens with one attached hydrogen (secondary N) is 1. The minimum Gasteiger partial charge on any atom is -0.369 e. The van der Waals surface area contributed by atoms with E-state index < -0.39 is 0 Å². The smallest absolute Gasteiger partial charge is 0.236 e. The molecule has 8 nitrogen and oxygen atoms in total. The van der Waals surface area contributed by atoms with Crippen molar-refractivity contribution in [3.63, 3.8) is 0 Å². The van der Waals surface area contributed by atoms with Gasteiger partial charge in [-0.25, -0.2) is 0 Å². The summed E-state index contributed by atoms with van der Waals surface area (Å²) >= 11 is 0. The number of rotatable bonds is 5. The molecule has 2 heterocycles. The van der Waals surface area contributed by atoms with Gasteiger partial charge in [-0.2, -0.15) is 0 Å². The maximum Gasteiger partial charge on any atom is 0.236 e. The molecule has 0 aromatic rings. The lowest BCUT2D eigenvalue weighted by atomic mass is 9.97. The van der Waals surface area contributed by atoms with Crippen LogP contribution in [0.25, 0.3) is 0 Å². The van der Waals surface area contributed by atoms with Crippen molar-refractivity contribution in [1.82, 2.24) is 20.0 Å². The fourth-order valence-electron chi connectivity index (χ4n) is 3.07. The van der Waals surface area contributed by atoms with Gasteiger partial charge in [0, 0.05) is 39.3 Å². The Hall–Kier alpha value is -1.38. The number of carbonyl (C=O) groups is 3. The predicted octanol–water partition coefficient (Wildman–Crippen LogP) is -1.50. The number of nitrogens with two attached hydrogens (primary N) is 1. The summed E-state index contributed by atoms with van der Waals surface area (Å²) in [4.78, 5) is 41.0. The second kappa shape index (κ2) is 9.80. The van der Waals surface area contributed by atoms with Crippen molar-refractivity contribution in [3.05, 3.63) is 0 Å². The molecule has 2 saturated heterocycles. The quantitative estimate of drug-likeness (QED) is 0.620. The van der Waals surface area contributed by atoms with E-state index in [9.17, 15) is 14.4 Å². The largest absolute Gasteiger partial charge is 0.369 e. The van der Waals surface area contributed by atoms with Crippen LogP contribution in [-0.4, -0.2) is 91.8 Å². The Morgan fingerprint density at radius 3 is 2.25 bits per heavy atom. The fraction of sp³-hybridized carbons (Fsp3) is 0.800. The van der Waals surface area contributed by atoms with Crippen LogP contribution in [-0.2, 0) is 14.4 Å². The monoisotopic (exact) mass is 361 g/mol. The van der Waals surface area contributed by atoms with E-state index in [-0.39, 0.29) is 49.1 Å². The van der Waals surface area contributed by atoms with Gasteiger partial charge in [0.05, 0.1) is 19.0 Å². The molecule has 0 radical (unpaired) electrons. The highest BCUT2D eigenvalue weighted by atomic mass is 35.5. The van der Waals surface area contributed by atoms with Gasteiger partial charge in [0.2, 0.25) is 17.7 Å². The van der Waals surface area contributed by atoms with Crippen molar-refractivity contribution in [1.29, 1.82) is 0 Å². The fourth-order valence-corrected chi connectivity index (χ4v) is 3.07. The van der Waals surface area contributed by atoms with Gasteiger partial charge in [-0.1, -0.05) is 0 Å². The van der Waals surface area contributed by atoms with Gasteiger partial charge in [0.15, 0.2) is 0 Å². The van der Waals surface area contributed by atoms with Crippen molar-refractivity contribution < 1.29 is 14.4 Å². The number of piperidine rings is 1. The lowest BCUT2D eigenvalue weighted by Crippen LogP contribution is -2.51. The lowest BCUT2D eigenvalue weighted by molar-refractivity contribution is -0.137. The minimum absolute atomic E-state index is 0. The molecule has 0 saturated carbocycles. The van der Waals surface area contributed by atoms with Crippen LogP contribution in [0.1, 0.15) is 12.8 Å². The van der Waals surface area contributed by atoms with E-state index in [4.69, 9.17) is 5.73 Å². The predicted molar refractivity (Wildman–Crippen MR) is 92.7 cm³/mol. The Labute approximate surface area is 149 Å². The minimum atomic E-state index is -0.343. The van der Waals surface area contributed by atoms with Crippen molar-refractivity contribution in [2.24, 2.45) is 11.7 Å². The molecular weight excluding hydrogens is 334 g/mol. The summed E-state index contributed by atoms with van der Waals surface area (Å²) in [6.45, 7) is 4.53. The maximum atomic E-state index is 12.3. The van der Waals surface area contributed by atoms with E-state index in [1.54, 1.807) is 16.8 Å². The van der Waals surface area contributed by atoms with E-state index in [1.165, 1.54) is 0 Å². The number of halogens is 1. The molecule has 3 N–H and O–H groups in total. The number of piperazine rings is 1. The first-order chi connectivity index (χ1) is 11.0. The molecule has 138 valence electrons. The summed E-state index contributed by atoms with van der Waals surface area (Å²) in [5.41, 5.74) is 5.34. The zero-order chi connectivity index (χ0) is 16.8. The Bertz CT molecular complexity index is 456. The molecule has 0 aromatic carbocycles. The highest BCUT2D eigenvalue weighted by Gasteiger charge is 2.27. The number of nitrogens with zero attached hydrogens (tertiary/aromatic N) is 3. The van der Waals surface area contributed by atoms with Crippen molar-refractivity contribution in [3.8, 4) is 0 Å². The lowest BCUT2D eigenvalue weighted by Gasteiger charge is -2.33. The summed E-state index contributed by atoms with van der Waals surface area (Å²) in [5, 5.41) is 3.21. The van der Waals surface area contributed by atoms with E-state index in [2.05, 4.69) is 5.32 Å². The standard InChI is InChI=1S/C15H27N5O3.ClH/c1-18(10-13(21)19-7-4-17-5-8-19)11-14(22)20-6-2-3-12(9-20)15(16)23;/h12,17H,2-11H2,1H3,(H2,16,23);1H. The Kier molecular flexibility index (Phi) is 8.44. The second-order valence-corrected chi connectivity index (χ2v) is 6.38. The third-order valence-corrected chi connectivity index (χ3v) is 4.46. The van der Waals surface area contributed by atoms with Gasteiger partial charge in [-0.3, -0.25) is 19.3 Å². The molecule has 2 aliphatic rings. The summed E-state index contributed by atoms with van der Waals surface area (Å²) in [5.74, 6) is -0.591. The first-order valence-electron chi connectivity index (χ1n) is 8.21. The molecule has 1 unspecified atom stereocenters. The number of likely N-dealkylation sites (tertiary alicyclic amines) is 1. The highest BCUT2D eigenvalue weighted by molar-refractivity contribution is 5.85. The molecule has 2 rings (SSSR count). The van der Waals surface area contributed by atoms with Gasteiger partial charge >= 0.3 is 0 Å². The maximum absolute atomic E-state index is 12.3. The average molecular weight is 362 g/mol. The SMILES string of the molecule is CN(CC(=O)N1CCNCC1)CC(=O)N1CCCC(C(N)=O)C1.Cl. The van der Waals surface area contributed by atoms with Crippen molar-refractivity contribution >= 4 is 30.1 Å². The molecular formula is C15H28ClN5O3. The Balaban J connectivity index is 0.00000288. The molecule has 24 heavy (non-hydrogen) atoms. The summed E-state index contributed by atoms with van der Waals surface area (Å²) in [6, 6.07) is 0. The average Bonchev–Trinajstić information content (AvgIpc) is 2.55. The molecule has 0 aromatic heterocycles. The van der Waals surface area contributed by atoms with Crippen LogP contribution in [0.2, 0.25) is 0 Å². The Morgan fingerprint density at radius 2 is 1.67 bits per heavy atom. The van der Waals surface area contributed by atoms with Gasteiger partial charge in [-0.15, -0.1) is 12.4 Å². The number of primary amides is 1. The van der Waals surface area contributed by atoms with Gasteiger partial charge in [-0.05, 0) is 19.9 Å². The van der Waals surface area contributed by atoms with Crippen molar-refractivity contribution in [2.45, 2.75) is 12.8 Å². The molecule has 2 aliphatic heterocycles. The van der Waals surface area contributed by atoms with Gasteiger partial charge in [0.1, 0.15) is 0 Å². The van der Waals surface area contributed by atoms with E-state index in [0.29, 0.717) is 26.2 Å². The number of hydrogen-bond donors (Lipinski definition) is 2. The zero-order valence-electron chi connectivity index (χ0n) is 14.2. The van der Waals surface area contributed by atoms with Gasteiger partial charge < -0.3 is 20.9 Å². The van der Waals surface area contributed by atoms with Crippen LogP contribution in [0.15, 0.2) is 0 Å². The molecule has 0 bridgehead atoms. The number of amides is 3. The summed E-state index contributed by atoms with van der Waals surface area (Å²) in [7, 11) is 1.77. The number of hydrogen-bond acceptors (Lipinski definition) is 5. The molecule has 3 amide bonds. The summed E-state index contributed by atoms with van der Waals surface area (Å²) in [6.07, 6.45) is 1.54. The van der Waals surface area contributed by atoms with Crippen LogP contribution >= 0.6 is 12.4 Å². The van der Waals surface area contributed by atoms with Crippen molar-refractivity contribution in [2.75, 3.05) is 59.4 Å². The zero-order valence-corrected chi connectivity index (χ0v) is 15.0. The summed E-state index contributed by atoms with van der Waals surface area (Å²) < 4.78 is 0. The van der Waals surface area contributed by atoms with Gasteiger partial charge in [0.25, 0.3) is 0 Å². The van der Waals surface area contributed by atoms with E-state index in [1.807, 2.05) is 4.90 Å². The number of likely N-dealkylation sites (N-methyl/N-ethyl adjacent to an activating group) is 1. The van der Waals surface area contributed by atoms with E-state index >= 15 is 0 Å². The first-order valence-corrected chi connectivity index (χ1v) is 8.21. The number of carbonyl (C=O) groups excluding carboxylic acids is 3. The van der Waals surface area contributed by atoms with E-state index in [0.717, 1.165) is 25.9 Å². The topological polar surface area (TPSA) is 99.0 Å². The normalized spacial score (nSPS) is 21.3. The molecule has 1 atom stereocenters. The third-order valence-electron chi connectivity index (χ3n) is 4.46. The Morgan fingerprint density at radius 1 is 1.08 bits per heavy atom. The molecule has 9 heteroatoms. The third kappa shape index (κ3) is 5.92. The van der Waals surface area contributed by atoms with Crippen LogP contribution < -0.4 is 11.1 Å². The molecule has 2 fully saturated rings. The first kappa shape index (κ1) is 20.7. The molecule has 0 aliphatic carbocycles. The second-order valence-electron chi connectivity index (χ2n) is 6.38. The molecule has 0 spiro atoms. The highest BCUT2D eigenvalue weighted by Crippen LogP contribution is 2.16. The van der Waals surface area contributed by atoms with Crippen LogP contribution in [0.3, 0.4) is 0 Å².